The Bertz CT molecular complexity index is 95.7. The fourth-order valence-electron chi connectivity index (χ4n) is 1.44. The number of nitrogens with two attached hydrogens (primary N) is 1. The molecule has 0 aromatic rings. The lowest BCUT2D eigenvalue weighted by Crippen LogP contribution is -2.46. The first kappa shape index (κ1) is 8.45. The molecule has 60 valence electrons. The third kappa shape index (κ3) is 2.19. The van der Waals surface area contributed by atoms with Crippen LogP contribution in [0.4, 0.5) is 0 Å². The van der Waals surface area contributed by atoms with Gasteiger partial charge in [0, 0.05) is 6.61 Å². The van der Waals surface area contributed by atoms with Crippen molar-refractivity contribution in [2.24, 2.45) is 5.73 Å². The molecule has 0 aromatic heterocycles. The van der Waals surface area contributed by atoms with Gasteiger partial charge in [0.2, 0.25) is 0 Å². The van der Waals surface area contributed by atoms with E-state index in [1.54, 1.807) is 0 Å². The Morgan fingerprint density at radius 2 is 2.60 bits per heavy atom. The van der Waals surface area contributed by atoms with E-state index in [1.165, 1.54) is 18.9 Å². The molecule has 0 saturated carbocycles. The normalized spacial score (nSPS) is 32.4. The number of hydrogen-bond acceptors (Lipinski definition) is 2. The smallest absolute Gasteiger partial charge is 0.149 e. The van der Waals surface area contributed by atoms with E-state index in [9.17, 15) is 0 Å². The van der Waals surface area contributed by atoms with Gasteiger partial charge in [-0.3, -0.25) is 0 Å². The molecule has 2 atom stereocenters. The minimum Gasteiger partial charge on any atom is -0.428 e. The Labute approximate surface area is 66.5 Å². The quantitative estimate of drug-likeness (QED) is 0.574. The van der Waals surface area contributed by atoms with Crippen molar-refractivity contribution >= 4 is 17.6 Å². The van der Waals surface area contributed by atoms with Gasteiger partial charge in [-0.25, -0.2) is 0 Å². The van der Waals surface area contributed by atoms with Crippen molar-refractivity contribution < 1.29 is 4.43 Å². The highest BCUT2D eigenvalue weighted by Crippen LogP contribution is 2.08. The summed E-state index contributed by atoms with van der Waals surface area (Å²) < 4.78 is 5.53. The minimum absolute atomic E-state index is 0.122. The highest BCUT2D eigenvalue weighted by atomic mass is 29.2. The summed E-state index contributed by atoms with van der Waals surface area (Å²) >= 11 is 0. The largest absolute Gasteiger partial charge is 0.428 e. The lowest BCUT2D eigenvalue weighted by molar-refractivity contribution is 0.334. The molecule has 0 radical (unpaired) electrons. The second kappa shape index (κ2) is 4.28. The molecule has 1 aliphatic heterocycles. The van der Waals surface area contributed by atoms with Gasteiger partial charge in [-0.2, -0.15) is 0 Å². The van der Waals surface area contributed by atoms with Crippen LogP contribution >= 0.6 is 0 Å². The van der Waals surface area contributed by atoms with Gasteiger partial charge in [0.1, 0.15) is 9.28 Å². The summed E-state index contributed by atoms with van der Waals surface area (Å²) in [4.78, 5) is 0. The molecule has 1 heterocycles. The summed E-state index contributed by atoms with van der Waals surface area (Å²) in [6, 6.07) is 1.46. The molecule has 4 heteroatoms. The predicted molar refractivity (Wildman–Crippen MR) is 49.3 cm³/mol. The average Bonchev–Trinajstić information content (AvgIpc) is 2.05. The van der Waals surface area contributed by atoms with Gasteiger partial charge < -0.3 is 10.2 Å². The minimum atomic E-state index is -0.526. The van der Waals surface area contributed by atoms with Crippen LogP contribution in [-0.4, -0.2) is 29.9 Å². The van der Waals surface area contributed by atoms with Crippen molar-refractivity contribution in [2.75, 3.05) is 6.61 Å². The maximum Gasteiger partial charge on any atom is 0.149 e. The maximum atomic E-state index is 5.96. The molecular weight excluding hydrogens is 158 g/mol. The zero-order valence-corrected chi connectivity index (χ0v) is 9.24. The van der Waals surface area contributed by atoms with E-state index in [0.29, 0.717) is 5.67 Å². The van der Waals surface area contributed by atoms with Gasteiger partial charge in [0.25, 0.3) is 0 Å². The first-order valence-corrected chi connectivity index (χ1v) is 9.50. The fraction of sp³-hybridized carbons (Fsp3) is 1.00. The van der Waals surface area contributed by atoms with Gasteiger partial charge in [-0.05, 0) is 18.5 Å². The molecule has 1 saturated heterocycles. The van der Waals surface area contributed by atoms with E-state index in [4.69, 9.17) is 10.2 Å². The first-order chi connectivity index (χ1) is 4.84. The summed E-state index contributed by atoms with van der Waals surface area (Å²) in [5.74, 6) is 0. The monoisotopic (exact) mass is 175 g/mol. The molecule has 10 heavy (non-hydrogen) atoms. The van der Waals surface area contributed by atoms with Crippen LogP contribution in [0.5, 0.6) is 0 Å². The van der Waals surface area contributed by atoms with E-state index in [-0.39, 0.29) is 9.28 Å². The Balaban J connectivity index is 2.24. The molecule has 0 spiro atoms. The molecule has 1 fully saturated rings. The van der Waals surface area contributed by atoms with Crippen LogP contribution in [-0.2, 0) is 4.43 Å². The molecule has 0 aromatic carbocycles. The zero-order valence-electron chi connectivity index (χ0n) is 6.68. The second-order valence-corrected chi connectivity index (χ2v) is 10.9. The van der Waals surface area contributed by atoms with E-state index in [1.807, 2.05) is 0 Å². The van der Waals surface area contributed by atoms with Crippen LogP contribution in [0.2, 0.25) is 6.04 Å². The zero-order chi connectivity index (χ0) is 7.40. The Morgan fingerprint density at radius 3 is 3.10 bits per heavy atom. The van der Waals surface area contributed by atoms with Crippen LogP contribution < -0.4 is 5.73 Å². The first-order valence-electron chi connectivity index (χ1n) is 4.18. The number of hydrogen-bond donors (Lipinski definition) is 1. The van der Waals surface area contributed by atoms with E-state index < -0.39 is 8.31 Å². The summed E-state index contributed by atoms with van der Waals surface area (Å²) in [7, 11) is -0.648. The molecular formula is C6H17NOSi2. The highest BCUT2D eigenvalue weighted by Gasteiger charge is 2.21. The number of rotatable bonds is 2. The van der Waals surface area contributed by atoms with Gasteiger partial charge >= 0.3 is 0 Å². The Morgan fingerprint density at radius 1 is 1.80 bits per heavy atom. The van der Waals surface area contributed by atoms with Crippen molar-refractivity contribution in [1.29, 1.82) is 0 Å². The molecule has 1 aliphatic rings. The van der Waals surface area contributed by atoms with Crippen molar-refractivity contribution in [3.8, 4) is 0 Å². The van der Waals surface area contributed by atoms with Crippen molar-refractivity contribution in [3.05, 3.63) is 0 Å². The molecule has 0 bridgehead atoms. The predicted octanol–water partition coefficient (Wildman–Crippen LogP) is -0.509. The molecule has 2 nitrogen and oxygen atoms in total. The Kier molecular flexibility index (Phi) is 3.61. The molecule has 1 rings (SSSR count). The van der Waals surface area contributed by atoms with E-state index in [0.717, 1.165) is 6.61 Å². The highest BCUT2D eigenvalue weighted by molar-refractivity contribution is 7.10. The maximum absolute atomic E-state index is 5.96. The van der Waals surface area contributed by atoms with Gasteiger partial charge in [0.15, 0.2) is 0 Å². The molecule has 0 amide bonds. The van der Waals surface area contributed by atoms with E-state index >= 15 is 0 Å². The third-order valence-electron chi connectivity index (χ3n) is 2.27. The molecule has 2 N–H and O–H groups in total. The lowest BCUT2D eigenvalue weighted by atomic mass is 10.5. The standard InChI is InChI=1S/C6H17NOSi2/c1-2-6(7)10-5-3-4-8-9-10/h6,10H,2-5,7,9H2,1H3. The third-order valence-corrected chi connectivity index (χ3v) is 11.1. The van der Waals surface area contributed by atoms with Crippen molar-refractivity contribution in [2.45, 2.75) is 31.5 Å². The van der Waals surface area contributed by atoms with Crippen LogP contribution in [0.25, 0.3) is 0 Å². The van der Waals surface area contributed by atoms with Crippen LogP contribution in [0.3, 0.4) is 0 Å². The van der Waals surface area contributed by atoms with E-state index in [2.05, 4.69) is 6.92 Å². The molecule has 2 unspecified atom stereocenters. The second-order valence-electron chi connectivity index (χ2n) is 3.05. The fourth-order valence-corrected chi connectivity index (χ4v) is 8.83. The van der Waals surface area contributed by atoms with Crippen LogP contribution in [0.15, 0.2) is 0 Å². The Hall–Kier alpha value is 0.354. The van der Waals surface area contributed by atoms with Gasteiger partial charge in [0.05, 0.1) is 8.31 Å². The van der Waals surface area contributed by atoms with Crippen molar-refractivity contribution in [1.82, 2.24) is 0 Å². The SMILES string of the molecule is CCC(N)[SiH]1CCCO[SiH2]1. The topological polar surface area (TPSA) is 35.2 Å². The van der Waals surface area contributed by atoms with Gasteiger partial charge in [-0.15, -0.1) is 0 Å². The van der Waals surface area contributed by atoms with Crippen LogP contribution in [0, 0.1) is 0 Å². The summed E-state index contributed by atoms with van der Waals surface area (Å²) in [6.07, 6.45) is 2.46. The van der Waals surface area contributed by atoms with Gasteiger partial charge in [-0.1, -0.05) is 13.0 Å². The average molecular weight is 175 g/mol. The molecule has 0 aliphatic carbocycles. The van der Waals surface area contributed by atoms with Crippen LogP contribution in [0.1, 0.15) is 19.8 Å². The van der Waals surface area contributed by atoms with Crippen molar-refractivity contribution in [3.63, 3.8) is 0 Å². The summed E-state index contributed by atoms with van der Waals surface area (Å²) in [5, 5.41) is 0. The lowest BCUT2D eigenvalue weighted by Gasteiger charge is -2.24. The summed E-state index contributed by atoms with van der Waals surface area (Å²) in [5.41, 5.74) is 6.53. The summed E-state index contributed by atoms with van der Waals surface area (Å²) in [6.45, 7) is 3.23.